The second-order valence-corrected chi connectivity index (χ2v) is 5.74. The maximum absolute atomic E-state index is 3.70. The minimum absolute atomic E-state index is 0.434. The van der Waals surface area contributed by atoms with Gasteiger partial charge in [-0.05, 0) is 39.8 Å². The molecule has 0 radical (unpaired) electrons. The molecule has 0 aromatic heterocycles. The Bertz CT molecular complexity index is 181. The van der Waals surface area contributed by atoms with E-state index in [-0.39, 0.29) is 0 Å². The molecule has 1 aliphatic rings. The fraction of sp³-hybridized carbons (Fsp3) is 1.00. The molecule has 1 rings (SSSR count). The lowest BCUT2D eigenvalue weighted by atomic mass is 9.95. The molecule has 0 aromatic rings. The molecule has 1 N–H and O–H groups in total. The van der Waals surface area contributed by atoms with Gasteiger partial charge in [0.1, 0.15) is 0 Å². The molecule has 2 heteroatoms. The van der Waals surface area contributed by atoms with E-state index in [0.717, 1.165) is 12.5 Å². The van der Waals surface area contributed by atoms with Crippen LogP contribution in [0.25, 0.3) is 0 Å². The van der Waals surface area contributed by atoms with E-state index in [9.17, 15) is 0 Å². The Morgan fingerprint density at radius 1 is 1.13 bits per heavy atom. The van der Waals surface area contributed by atoms with Crippen molar-refractivity contribution in [1.29, 1.82) is 0 Å². The van der Waals surface area contributed by atoms with Crippen molar-refractivity contribution in [2.24, 2.45) is 5.92 Å². The van der Waals surface area contributed by atoms with E-state index in [1.165, 1.54) is 25.7 Å². The van der Waals surface area contributed by atoms with Crippen molar-refractivity contribution in [3.05, 3.63) is 0 Å². The van der Waals surface area contributed by atoms with Gasteiger partial charge in [-0.25, -0.2) is 0 Å². The zero-order valence-corrected chi connectivity index (χ0v) is 11.1. The number of likely N-dealkylation sites (N-methyl/N-ethyl adjacent to an activating group) is 1. The summed E-state index contributed by atoms with van der Waals surface area (Å²) >= 11 is 0. The van der Waals surface area contributed by atoms with Crippen LogP contribution < -0.4 is 5.32 Å². The topological polar surface area (TPSA) is 15.3 Å². The van der Waals surface area contributed by atoms with Gasteiger partial charge in [-0.1, -0.05) is 26.7 Å². The monoisotopic (exact) mass is 212 g/mol. The smallest absolute Gasteiger partial charge is 0.0327 e. The van der Waals surface area contributed by atoms with E-state index in [2.05, 4.69) is 45.1 Å². The highest BCUT2D eigenvalue weighted by Crippen LogP contribution is 2.33. The predicted molar refractivity (Wildman–Crippen MR) is 67.2 cm³/mol. The average molecular weight is 212 g/mol. The van der Waals surface area contributed by atoms with Crippen LogP contribution in [-0.2, 0) is 0 Å². The molecule has 0 aromatic carbocycles. The van der Waals surface area contributed by atoms with Crippen molar-refractivity contribution in [1.82, 2.24) is 10.2 Å². The molecular weight excluding hydrogens is 184 g/mol. The average Bonchev–Trinajstić information content (AvgIpc) is 2.63. The van der Waals surface area contributed by atoms with Gasteiger partial charge >= 0.3 is 0 Å². The Morgan fingerprint density at radius 2 is 1.67 bits per heavy atom. The molecule has 0 spiro atoms. The maximum atomic E-state index is 3.70. The standard InChI is InChI=1S/C13H28N2/c1-11(2)12(3)14-10-13(15(4)5)8-6-7-9-13/h11-12,14H,6-10H2,1-5H3. The van der Waals surface area contributed by atoms with Crippen LogP contribution in [0.4, 0.5) is 0 Å². The van der Waals surface area contributed by atoms with Crippen molar-refractivity contribution < 1.29 is 0 Å². The van der Waals surface area contributed by atoms with E-state index in [1.807, 2.05) is 0 Å². The van der Waals surface area contributed by atoms with Gasteiger partial charge in [0.25, 0.3) is 0 Å². The lowest BCUT2D eigenvalue weighted by molar-refractivity contribution is 0.146. The first-order valence-electron chi connectivity index (χ1n) is 6.39. The van der Waals surface area contributed by atoms with Crippen LogP contribution in [-0.4, -0.2) is 37.1 Å². The number of hydrogen-bond donors (Lipinski definition) is 1. The van der Waals surface area contributed by atoms with Gasteiger partial charge in [0.05, 0.1) is 0 Å². The van der Waals surface area contributed by atoms with Crippen molar-refractivity contribution in [3.63, 3.8) is 0 Å². The van der Waals surface area contributed by atoms with Crippen LogP contribution in [0.5, 0.6) is 0 Å². The fourth-order valence-electron chi connectivity index (χ4n) is 2.40. The molecule has 0 aliphatic heterocycles. The zero-order chi connectivity index (χ0) is 11.5. The van der Waals surface area contributed by atoms with Gasteiger partial charge in [0.15, 0.2) is 0 Å². The fourth-order valence-corrected chi connectivity index (χ4v) is 2.40. The third kappa shape index (κ3) is 3.18. The summed E-state index contributed by atoms with van der Waals surface area (Å²) in [7, 11) is 4.46. The van der Waals surface area contributed by atoms with E-state index in [1.54, 1.807) is 0 Å². The van der Waals surface area contributed by atoms with Gasteiger partial charge in [-0.2, -0.15) is 0 Å². The maximum Gasteiger partial charge on any atom is 0.0327 e. The Hall–Kier alpha value is -0.0800. The highest BCUT2D eigenvalue weighted by atomic mass is 15.2. The minimum Gasteiger partial charge on any atom is -0.312 e. The first-order valence-corrected chi connectivity index (χ1v) is 6.39. The van der Waals surface area contributed by atoms with E-state index >= 15 is 0 Å². The Morgan fingerprint density at radius 3 is 2.07 bits per heavy atom. The van der Waals surface area contributed by atoms with Crippen LogP contribution >= 0.6 is 0 Å². The molecular formula is C13H28N2. The molecule has 1 aliphatic carbocycles. The summed E-state index contributed by atoms with van der Waals surface area (Å²) in [6, 6.07) is 0.627. The number of rotatable bonds is 5. The second-order valence-electron chi connectivity index (χ2n) is 5.74. The van der Waals surface area contributed by atoms with E-state index < -0.39 is 0 Å². The van der Waals surface area contributed by atoms with Gasteiger partial charge in [-0.15, -0.1) is 0 Å². The van der Waals surface area contributed by atoms with Crippen LogP contribution in [0.3, 0.4) is 0 Å². The molecule has 0 amide bonds. The number of nitrogens with one attached hydrogen (secondary N) is 1. The normalized spacial score (nSPS) is 22.6. The first-order chi connectivity index (χ1) is 6.98. The van der Waals surface area contributed by atoms with Crippen molar-refractivity contribution >= 4 is 0 Å². The molecule has 90 valence electrons. The molecule has 0 heterocycles. The lowest BCUT2D eigenvalue weighted by Gasteiger charge is -2.38. The summed E-state index contributed by atoms with van der Waals surface area (Å²) in [5.41, 5.74) is 0.434. The first kappa shape index (κ1) is 13.0. The summed E-state index contributed by atoms with van der Waals surface area (Å²) < 4.78 is 0. The van der Waals surface area contributed by atoms with Crippen LogP contribution in [0.2, 0.25) is 0 Å². The summed E-state index contributed by atoms with van der Waals surface area (Å²) in [5.74, 6) is 0.727. The van der Waals surface area contributed by atoms with Gasteiger partial charge < -0.3 is 10.2 Å². The molecule has 0 saturated heterocycles. The highest BCUT2D eigenvalue weighted by Gasteiger charge is 2.35. The van der Waals surface area contributed by atoms with Gasteiger partial charge in [-0.3, -0.25) is 0 Å². The van der Waals surface area contributed by atoms with Crippen LogP contribution in [0.1, 0.15) is 46.5 Å². The molecule has 1 saturated carbocycles. The number of hydrogen-bond acceptors (Lipinski definition) is 2. The van der Waals surface area contributed by atoms with E-state index in [0.29, 0.717) is 11.6 Å². The zero-order valence-electron chi connectivity index (χ0n) is 11.1. The lowest BCUT2D eigenvalue weighted by Crippen LogP contribution is -2.51. The third-order valence-electron chi connectivity index (χ3n) is 4.24. The molecule has 1 unspecified atom stereocenters. The summed E-state index contributed by atoms with van der Waals surface area (Å²) in [6.45, 7) is 8.02. The molecule has 15 heavy (non-hydrogen) atoms. The van der Waals surface area contributed by atoms with Crippen LogP contribution in [0.15, 0.2) is 0 Å². The Balaban J connectivity index is 2.46. The van der Waals surface area contributed by atoms with Crippen LogP contribution in [0, 0.1) is 5.92 Å². The molecule has 0 bridgehead atoms. The Labute approximate surface area is 95.4 Å². The van der Waals surface area contributed by atoms with Crippen molar-refractivity contribution in [2.75, 3.05) is 20.6 Å². The largest absolute Gasteiger partial charge is 0.312 e. The van der Waals surface area contributed by atoms with Gasteiger partial charge in [0, 0.05) is 18.1 Å². The molecule has 1 fully saturated rings. The second kappa shape index (κ2) is 5.31. The SMILES string of the molecule is CC(C)C(C)NCC1(N(C)C)CCCC1. The minimum atomic E-state index is 0.434. The Kier molecular flexibility index (Phi) is 4.60. The van der Waals surface area contributed by atoms with Crippen molar-refractivity contribution in [3.8, 4) is 0 Å². The van der Waals surface area contributed by atoms with Crippen molar-refractivity contribution in [2.45, 2.75) is 58.0 Å². The highest BCUT2D eigenvalue weighted by molar-refractivity contribution is 4.95. The molecule has 2 nitrogen and oxygen atoms in total. The summed E-state index contributed by atoms with van der Waals surface area (Å²) in [6.07, 6.45) is 5.52. The quantitative estimate of drug-likeness (QED) is 0.753. The molecule has 1 atom stereocenters. The summed E-state index contributed by atoms with van der Waals surface area (Å²) in [4.78, 5) is 2.43. The predicted octanol–water partition coefficient (Wildman–Crippen LogP) is 2.49. The third-order valence-corrected chi connectivity index (χ3v) is 4.24. The van der Waals surface area contributed by atoms with Gasteiger partial charge in [0.2, 0.25) is 0 Å². The summed E-state index contributed by atoms with van der Waals surface area (Å²) in [5, 5.41) is 3.70. The number of nitrogens with zero attached hydrogens (tertiary/aromatic N) is 1. The van der Waals surface area contributed by atoms with E-state index in [4.69, 9.17) is 0 Å².